The van der Waals surface area contributed by atoms with Crippen LogP contribution in [0.25, 0.3) is 0 Å². The molecule has 4 bridgehead atoms. The van der Waals surface area contributed by atoms with Crippen molar-refractivity contribution in [2.24, 2.45) is 23.2 Å². The predicted molar refractivity (Wildman–Crippen MR) is 97.6 cm³/mol. The molecule has 0 spiro atoms. The van der Waals surface area contributed by atoms with E-state index in [0.29, 0.717) is 18.5 Å². The van der Waals surface area contributed by atoms with Gasteiger partial charge in [0.05, 0.1) is 17.7 Å². The quantitative estimate of drug-likeness (QED) is 0.806. The molecule has 1 aromatic rings. The third-order valence-corrected chi connectivity index (χ3v) is 7.58. The van der Waals surface area contributed by atoms with Crippen LogP contribution in [-0.2, 0) is 11.3 Å². The monoisotopic (exact) mass is 338 g/mol. The van der Waals surface area contributed by atoms with Crippen LogP contribution in [-0.4, -0.2) is 21.8 Å². The Balaban J connectivity index is 1.43. The van der Waals surface area contributed by atoms with Crippen molar-refractivity contribution in [2.45, 2.75) is 76.8 Å². The van der Waals surface area contributed by atoms with Gasteiger partial charge in [0.1, 0.15) is 0 Å². The predicted octanol–water partition coefficient (Wildman–Crippen LogP) is 4.57. The molecule has 0 atom stereocenters. The van der Waals surface area contributed by atoms with E-state index >= 15 is 0 Å². The zero-order valence-electron chi connectivity index (χ0n) is 15.2. The summed E-state index contributed by atoms with van der Waals surface area (Å²) in [6.07, 6.45) is 14.5. The highest BCUT2D eigenvalue weighted by Crippen LogP contribution is 2.60. The van der Waals surface area contributed by atoms with E-state index in [1.54, 1.807) is 0 Å². The van der Waals surface area contributed by atoms with Crippen molar-refractivity contribution in [3.8, 4) is 0 Å². The summed E-state index contributed by atoms with van der Waals surface area (Å²) >= 11 is 0. The van der Waals surface area contributed by atoms with Gasteiger partial charge in [0.15, 0.2) is 0 Å². The second-order valence-electron chi connectivity index (χ2n) is 9.39. The lowest BCUT2D eigenvalue weighted by Crippen LogP contribution is -2.56. The average molecular weight is 338 g/mol. The minimum atomic E-state index is -0.0217. The minimum absolute atomic E-state index is 0.0217. The fourth-order valence-corrected chi connectivity index (χ4v) is 6.93. The van der Waals surface area contributed by atoms with Crippen LogP contribution in [0.2, 0.25) is 0 Å². The molecule has 0 aliphatic heterocycles. The van der Waals surface area contributed by atoms with Gasteiger partial charge in [0.2, 0.25) is 5.91 Å². The molecule has 0 saturated heterocycles. The molecule has 1 heterocycles. The summed E-state index contributed by atoms with van der Waals surface area (Å²) in [5.74, 6) is 2.98. The molecule has 5 aliphatic carbocycles. The number of amides is 1. The lowest BCUT2D eigenvalue weighted by molar-refractivity contribution is -0.160. The second kappa shape index (κ2) is 6.10. The molecule has 1 amide bonds. The number of carbonyl (C=O) groups excluding carboxylic acids is 1. The van der Waals surface area contributed by atoms with Gasteiger partial charge < -0.3 is 4.90 Å². The van der Waals surface area contributed by atoms with Crippen molar-refractivity contribution in [3.05, 3.63) is 30.1 Å². The van der Waals surface area contributed by atoms with Gasteiger partial charge in [0, 0.05) is 12.2 Å². The van der Waals surface area contributed by atoms with Gasteiger partial charge in [-0.1, -0.05) is 18.9 Å². The van der Waals surface area contributed by atoms with E-state index in [2.05, 4.69) is 16.0 Å². The van der Waals surface area contributed by atoms with Crippen LogP contribution in [0.5, 0.6) is 0 Å². The van der Waals surface area contributed by atoms with Crippen molar-refractivity contribution in [3.63, 3.8) is 0 Å². The zero-order chi connectivity index (χ0) is 16.9. The average Bonchev–Trinajstić information content (AvgIpc) is 3.13. The molecule has 134 valence electrons. The maximum atomic E-state index is 13.9. The van der Waals surface area contributed by atoms with Gasteiger partial charge >= 0.3 is 0 Å². The van der Waals surface area contributed by atoms with Gasteiger partial charge in [0.25, 0.3) is 0 Å². The van der Waals surface area contributed by atoms with Gasteiger partial charge in [-0.05, 0) is 81.3 Å². The van der Waals surface area contributed by atoms with Crippen molar-refractivity contribution in [2.75, 3.05) is 0 Å². The summed E-state index contributed by atoms with van der Waals surface area (Å²) < 4.78 is 0. The molecule has 3 heteroatoms. The Bertz CT molecular complexity index is 599. The van der Waals surface area contributed by atoms with E-state index in [1.165, 1.54) is 64.2 Å². The fourth-order valence-electron chi connectivity index (χ4n) is 6.93. The third-order valence-electron chi connectivity index (χ3n) is 7.58. The maximum Gasteiger partial charge on any atom is 0.229 e. The van der Waals surface area contributed by atoms with Crippen molar-refractivity contribution in [1.29, 1.82) is 0 Å². The summed E-state index contributed by atoms with van der Waals surface area (Å²) in [5, 5.41) is 0. The van der Waals surface area contributed by atoms with Gasteiger partial charge in [-0.2, -0.15) is 0 Å². The smallest absolute Gasteiger partial charge is 0.229 e. The van der Waals surface area contributed by atoms with E-state index in [4.69, 9.17) is 0 Å². The number of rotatable bonds is 4. The van der Waals surface area contributed by atoms with E-state index in [0.717, 1.165) is 23.4 Å². The molecular weight excluding hydrogens is 308 g/mol. The summed E-state index contributed by atoms with van der Waals surface area (Å²) in [6, 6.07) is 6.53. The number of hydrogen-bond donors (Lipinski definition) is 0. The Morgan fingerprint density at radius 3 is 2.24 bits per heavy atom. The lowest BCUT2D eigenvalue weighted by atomic mass is 9.49. The van der Waals surface area contributed by atoms with Gasteiger partial charge in [-0.25, -0.2) is 0 Å². The minimum Gasteiger partial charge on any atom is -0.333 e. The fraction of sp³-hybridized carbons (Fsp3) is 0.727. The van der Waals surface area contributed by atoms with Gasteiger partial charge in [-0.3, -0.25) is 9.78 Å². The molecule has 1 aromatic heterocycles. The molecular formula is C22H30N2O. The highest BCUT2D eigenvalue weighted by atomic mass is 16.2. The number of aromatic nitrogens is 1. The lowest BCUT2D eigenvalue weighted by Gasteiger charge is -2.57. The Morgan fingerprint density at radius 2 is 1.68 bits per heavy atom. The molecule has 6 rings (SSSR count). The summed E-state index contributed by atoms with van der Waals surface area (Å²) in [5.41, 5.74) is 1.03. The molecule has 0 radical (unpaired) electrons. The first-order chi connectivity index (χ1) is 12.2. The van der Waals surface area contributed by atoms with Crippen LogP contribution in [0.1, 0.15) is 69.9 Å². The van der Waals surface area contributed by atoms with Crippen LogP contribution in [0.4, 0.5) is 0 Å². The van der Waals surface area contributed by atoms with E-state index in [9.17, 15) is 4.79 Å². The normalized spacial score (nSPS) is 36.7. The number of nitrogens with zero attached hydrogens (tertiary/aromatic N) is 2. The molecule has 5 saturated carbocycles. The topological polar surface area (TPSA) is 33.2 Å². The molecule has 25 heavy (non-hydrogen) atoms. The highest BCUT2D eigenvalue weighted by molar-refractivity contribution is 5.83. The molecule has 0 unspecified atom stereocenters. The van der Waals surface area contributed by atoms with Crippen LogP contribution in [0, 0.1) is 23.2 Å². The van der Waals surface area contributed by atoms with Crippen LogP contribution in [0.3, 0.4) is 0 Å². The second-order valence-corrected chi connectivity index (χ2v) is 9.39. The van der Waals surface area contributed by atoms with Crippen molar-refractivity contribution in [1.82, 2.24) is 9.88 Å². The molecule has 5 fully saturated rings. The van der Waals surface area contributed by atoms with E-state index in [-0.39, 0.29) is 5.41 Å². The Morgan fingerprint density at radius 1 is 1.04 bits per heavy atom. The van der Waals surface area contributed by atoms with Gasteiger partial charge in [-0.15, -0.1) is 0 Å². The summed E-state index contributed by atoms with van der Waals surface area (Å²) in [6.45, 7) is 0.714. The molecule has 5 aliphatic rings. The molecule has 3 nitrogen and oxygen atoms in total. The standard InChI is InChI=1S/C22H30N2O/c25-21(22-12-16-9-17(13-22)11-18(10-16)14-22)24(20-6-1-2-7-20)15-19-5-3-4-8-23-19/h3-5,8,16-18,20H,1-2,6-7,9-15H2. The Kier molecular flexibility index (Phi) is 3.87. The first-order valence-corrected chi connectivity index (χ1v) is 10.4. The molecule has 0 N–H and O–H groups in total. The number of hydrogen-bond acceptors (Lipinski definition) is 2. The third kappa shape index (κ3) is 2.80. The van der Waals surface area contributed by atoms with Crippen molar-refractivity contribution < 1.29 is 4.79 Å². The largest absolute Gasteiger partial charge is 0.333 e. The van der Waals surface area contributed by atoms with Crippen LogP contribution < -0.4 is 0 Å². The Labute approximate surface area is 151 Å². The summed E-state index contributed by atoms with van der Waals surface area (Å²) in [4.78, 5) is 20.7. The SMILES string of the molecule is O=C(N(Cc1ccccn1)C1CCCC1)C12CC3CC(CC(C3)C1)C2. The van der Waals surface area contributed by atoms with E-state index in [1.807, 2.05) is 18.3 Å². The van der Waals surface area contributed by atoms with Crippen LogP contribution in [0.15, 0.2) is 24.4 Å². The first kappa shape index (κ1) is 15.8. The molecule has 0 aromatic carbocycles. The zero-order valence-corrected chi connectivity index (χ0v) is 15.2. The maximum absolute atomic E-state index is 13.9. The van der Waals surface area contributed by atoms with E-state index < -0.39 is 0 Å². The number of carbonyl (C=O) groups is 1. The number of pyridine rings is 1. The Hall–Kier alpha value is -1.38. The first-order valence-electron chi connectivity index (χ1n) is 10.4. The van der Waals surface area contributed by atoms with Crippen molar-refractivity contribution >= 4 is 5.91 Å². The van der Waals surface area contributed by atoms with Crippen LogP contribution >= 0.6 is 0 Å². The summed E-state index contributed by atoms with van der Waals surface area (Å²) in [7, 11) is 0. The highest BCUT2D eigenvalue weighted by Gasteiger charge is 2.56.